The van der Waals surface area contributed by atoms with Crippen molar-refractivity contribution in [2.45, 2.75) is 45.1 Å². The maximum Gasteiger partial charge on any atom is 0.261 e. The number of thiophene rings is 1. The van der Waals surface area contributed by atoms with Crippen LogP contribution in [0.5, 0.6) is 0 Å². The number of amides is 3. The van der Waals surface area contributed by atoms with E-state index in [1.54, 1.807) is 41.4 Å². The average Bonchev–Trinajstić information content (AvgIpc) is 3.50. The van der Waals surface area contributed by atoms with Gasteiger partial charge in [0.1, 0.15) is 21.5 Å². The maximum atomic E-state index is 14.7. The molecule has 3 saturated heterocycles. The fourth-order valence-corrected chi connectivity index (χ4v) is 10.4. The van der Waals surface area contributed by atoms with E-state index in [9.17, 15) is 27.2 Å². The first-order valence-corrected chi connectivity index (χ1v) is 20.6. The highest BCUT2D eigenvalue weighted by Gasteiger charge is 2.45. The second-order valence-corrected chi connectivity index (χ2v) is 18.0. The van der Waals surface area contributed by atoms with Gasteiger partial charge in [0.15, 0.2) is 0 Å². The van der Waals surface area contributed by atoms with E-state index in [4.69, 9.17) is 4.74 Å². The minimum absolute atomic E-state index is 0.0569. The van der Waals surface area contributed by atoms with Gasteiger partial charge in [-0.3, -0.25) is 14.4 Å². The topological polar surface area (TPSA) is 138 Å². The van der Waals surface area contributed by atoms with Gasteiger partial charge in [-0.25, -0.2) is 17.8 Å². The highest BCUT2D eigenvalue weighted by molar-refractivity contribution is 7.91. The van der Waals surface area contributed by atoms with Gasteiger partial charge in [-0.2, -0.15) is 0 Å². The molecule has 0 atom stereocenters. The van der Waals surface area contributed by atoms with Gasteiger partial charge in [-0.05, 0) is 105 Å². The second-order valence-electron chi connectivity index (χ2n) is 14.6. The van der Waals surface area contributed by atoms with Crippen LogP contribution in [-0.4, -0.2) is 81.5 Å². The van der Waals surface area contributed by atoms with E-state index in [-0.39, 0.29) is 47.2 Å². The Morgan fingerprint density at radius 3 is 2.45 bits per heavy atom. The molecule has 11 nitrogen and oxygen atoms in total. The van der Waals surface area contributed by atoms with Crippen molar-refractivity contribution in [1.29, 1.82) is 0 Å². The Kier molecular flexibility index (Phi) is 9.32. The molecule has 4 aliphatic rings. The molecular formula is C39H40FN5O6S2. The molecule has 4 aromatic rings. The number of hydrogen-bond donors (Lipinski definition) is 2. The quantitative estimate of drug-likeness (QED) is 0.258. The number of ether oxygens (including phenoxy) is 1. The summed E-state index contributed by atoms with van der Waals surface area (Å²) in [5.41, 5.74) is 4.42. The van der Waals surface area contributed by atoms with Crippen molar-refractivity contribution in [3.63, 3.8) is 0 Å². The number of fused-ring (bicyclic) bond motifs is 3. The molecule has 3 amide bonds. The Bertz CT molecular complexity index is 2200. The van der Waals surface area contributed by atoms with Gasteiger partial charge >= 0.3 is 0 Å². The van der Waals surface area contributed by atoms with E-state index >= 15 is 0 Å². The van der Waals surface area contributed by atoms with Crippen molar-refractivity contribution in [3.05, 3.63) is 93.7 Å². The third-order valence-electron chi connectivity index (χ3n) is 10.8. The number of nitrogens with one attached hydrogen (secondary N) is 2. The number of sulfone groups is 1. The van der Waals surface area contributed by atoms with Crippen molar-refractivity contribution in [1.82, 2.24) is 10.3 Å². The summed E-state index contributed by atoms with van der Waals surface area (Å²) < 4.78 is 43.9. The molecule has 0 unspecified atom stereocenters. The highest BCUT2D eigenvalue weighted by atomic mass is 32.2. The Labute approximate surface area is 311 Å². The lowest BCUT2D eigenvalue weighted by atomic mass is 9.73. The number of benzene rings is 2. The van der Waals surface area contributed by atoms with Crippen LogP contribution in [0.2, 0.25) is 0 Å². The summed E-state index contributed by atoms with van der Waals surface area (Å²) in [6.45, 7) is 5.37. The molecule has 53 heavy (non-hydrogen) atoms. The van der Waals surface area contributed by atoms with Crippen LogP contribution >= 0.6 is 11.3 Å². The number of aryl methyl sites for hydroxylation is 1. The standard InChI is InChI=1S/C39H40FN5O6S2/c1-24-18-31(35(41-21-24)44-22-39(23-44)11-14-51-15-12-39)36(46)42-28-5-2-25(3-6-28)38(48)45-13-8-26-19-33(37(47)43-29-9-16-53(49,50)17-10-29)52-34(26)30-7-4-27(40)20-32(30)45/h2-7,18-21,29H,8-17,22-23H2,1H3,(H,42,46)(H,43,47). The molecule has 2 aromatic carbocycles. The minimum atomic E-state index is -3.05. The van der Waals surface area contributed by atoms with Crippen molar-refractivity contribution >= 4 is 56.1 Å². The SMILES string of the molecule is Cc1cnc(N2CC3(CCOCC3)C2)c(C(=O)Nc2ccc(C(=O)N3CCc4cc(C(=O)NC5CCS(=O)(=O)CC5)sc4-c4ccc(F)cc43)cc2)c1. The molecule has 2 N–H and O–H groups in total. The van der Waals surface area contributed by atoms with Crippen LogP contribution in [0.1, 0.15) is 67.2 Å². The number of nitrogens with zero attached hydrogens (tertiary/aromatic N) is 3. The number of hydrogen-bond acceptors (Lipinski definition) is 9. The number of pyridine rings is 1. The molecule has 14 heteroatoms. The van der Waals surface area contributed by atoms with Crippen LogP contribution in [0, 0.1) is 18.2 Å². The molecule has 0 bridgehead atoms. The lowest BCUT2D eigenvalue weighted by molar-refractivity contribution is -0.000511. The summed E-state index contributed by atoms with van der Waals surface area (Å²) in [5, 5.41) is 5.95. The number of halogens is 1. The van der Waals surface area contributed by atoms with Gasteiger partial charge in [0.2, 0.25) is 0 Å². The van der Waals surface area contributed by atoms with Gasteiger partial charge in [0.05, 0.1) is 27.6 Å². The Hall–Kier alpha value is -4.66. The molecule has 0 saturated carbocycles. The largest absolute Gasteiger partial charge is 0.381 e. The van der Waals surface area contributed by atoms with Crippen LogP contribution in [0.4, 0.5) is 21.6 Å². The van der Waals surface area contributed by atoms with Gasteiger partial charge in [-0.1, -0.05) is 0 Å². The van der Waals surface area contributed by atoms with Crippen molar-refractivity contribution < 1.29 is 31.9 Å². The fourth-order valence-electron chi connectivity index (χ4n) is 7.79. The van der Waals surface area contributed by atoms with Crippen LogP contribution in [0.3, 0.4) is 0 Å². The summed E-state index contributed by atoms with van der Waals surface area (Å²) in [4.78, 5) is 50.4. The zero-order valence-electron chi connectivity index (χ0n) is 29.3. The lowest BCUT2D eigenvalue weighted by Gasteiger charge is -2.53. The Morgan fingerprint density at radius 2 is 1.72 bits per heavy atom. The van der Waals surface area contributed by atoms with E-state index in [0.717, 1.165) is 55.1 Å². The summed E-state index contributed by atoms with van der Waals surface area (Å²) in [7, 11) is -3.05. The number of aromatic nitrogens is 1. The zero-order valence-corrected chi connectivity index (χ0v) is 31.0. The number of carbonyl (C=O) groups excluding carboxylic acids is 3. The third-order valence-corrected chi connectivity index (χ3v) is 13.7. The van der Waals surface area contributed by atoms with Crippen molar-refractivity contribution in [2.75, 3.05) is 59.5 Å². The third kappa shape index (κ3) is 7.19. The Morgan fingerprint density at radius 1 is 0.981 bits per heavy atom. The number of carbonyl (C=O) groups is 3. The van der Waals surface area contributed by atoms with E-state index in [1.165, 1.54) is 23.5 Å². The minimum Gasteiger partial charge on any atom is -0.381 e. The van der Waals surface area contributed by atoms with Gasteiger partial charge < -0.3 is 25.2 Å². The molecule has 276 valence electrons. The van der Waals surface area contributed by atoms with Gasteiger partial charge in [0.25, 0.3) is 17.7 Å². The molecule has 1 spiro atoms. The predicted octanol–water partition coefficient (Wildman–Crippen LogP) is 5.64. The first-order valence-electron chi connectivity index (χ1n) is 17.9. The predicted molar refractivity (Wildman–Crippen MR) is 202 cm³/mol. The first kappa shape index (κ1) is 35.4. The molecule has 2 aromatic heterocycles. The van der Waals surface area contributed by atoms with Crippen LogP contribution in [-0.2, 0) is 21.0 Å². The normalized spacial score (nSPS) is 19.1. The average molecular weight is 758 g/mol. The van der Waals surface area contributed by atoms with Crippen LogP contribution in [0.25, 0.3) is 10.4 Å². The fraction of sp³-hybridized carbons (Fsp3) is 0.385. The maximum absolute atomic E-state index is 14.7. The van der Waals surface area contributed by atoms with Gasteiger partial charge in [0, 0.05) is 72.2 Å². The Balaban J connectivity index is 0.969. The monoisotopic (exact) mass is 757 g/mol. The molecule has 4 aliphatic heterocycles. The van der Waals surface area contributed by atoms with E-state index < -0.39 is 15.7 Å². The van der Waals surface area contributed by atoms with Crippen LogP contribution < -0.4 is 20.4 Å². The molecule has 0 radical (unpaired) electrons. The number of anilines is 3. The van der Waals surface area contributed by atoms with E-state index in [0.29, 0.717) is 58.0 Å². The molecule has 6 heterocycles. The summed E-state index contributed by atoms with van der Waals surface area (Å²) in [5.74, 6) is -0.591. The zero-order chi connectivity index (χ0) is 36.9. The lowest BCUT2D eigenvalue weighted by Crippen LogP contribution is -2.59. The molecular weight excluding hydrogens is 718 g/mol. The molecule has 8 rings (SSSR count). The summed E-state index contributed by atoms with van der Waals surface area (Å²) >= 11 is 1.28. The first-order chi connectivity index (χ1) is 25.5. The van der Waals surface area contributed by atoms with Gasteiger partial charge in [-0.15, -0.1) is 11.3 Å². The van der Waals surface area contributed by atoms with E-state index in [1.807, 2.05) is 19.1 Å². The van der Waals surface area contributed by atoms with Crippen molar-refractivity contribution in [3.8, 4) is 10.4 Å². The van der Waals surface area contributed by atoms with E-state index in [2.05, 4.69) is 20.5 Å². The van der Waals surface area contributed by atoms with Crippen LogP contribution in [0.15, 0.2) is 60.8 Å². The molecule has 0 aliphatic carbocycles. The summed E-state index contributed by atoms with van der Waals surface area (Å²) in [6, 6.07) is 14.4. The highest BCUT2D eigenvalue weighted by Crippen LogP contribution is 2.44. The van der Waals surface area contributed by atoms with Crippen molar-refractivity contribution in [2.24, 2.45) is 5.41 Å². The molecule has 3 fully saturated rings. The number of rotatable bonds is 6. The smallest absolute Gasteiger partial charge is 0.261 e. The second kappa shape index (κ2) is 14.0. The summed E-state index contributed by atoms with van der Waals surface area (Å²) in [6.07, 6.45) is 5.00.